The molecule has 0 saturated carbocycles. The fourth-order valence-electron chi connectivity index (χ4n) is 3.35. The topological polar surface area (TPSA) is 40.6 Å². The van der Waals surface area contributed by atoms with Gasteiger partial charge in [0, 0.05) is 17.1 Å². The van der Waals surface area contributed by atoms with Crippen molar-refractivity contribution in [3.05, 3.63) is 59.7 Å². The lowest BCUT2D eigenvalue weighted by atomic mass is 10.1. The van der Waals surface area contributed by atoms with Gasteiger partial charge in [0.1, 0.15) is 6.04 Å². The summed E-state index contributed by atoms with van der Waals surface area (Å²) in [6.07, 6.45) is 0. The van der Waals surface area contributed by atoms with Crippen LogP contribution in [-0.4, -0.2) is 29.0 Å². The molecule has 2 aliphatic rings. The Morgan fingerprint density at radius 2 is 1.33 bits per heavy atom. The van der Waals surface area contributed by atoms with Crippen LogP contribution in [0.2, 0.25) is 0 Å². The Kier molecular flexibility index (Phi) is 3.61. The minimum absolute atomic E-state index is 0.0727. The minimum Gasteiger partial charge on any atom is -0.288 e. The zero-order chi connectivity index (χ0) is 16.8. The van der Waals surface area contributed by atoms with Crippen LogP contribution in [0.5, 0.6) is 0 Å². The van der Waals surface area contributed by atoms with E-state index in [0.717, 1.165) is 22.5 Å². The van der Waals surface area contributed by atoms with E-state index in [2.05, 4.69) is 0 Å². The maximum atomic E-state index is 13.1. The lowest BCUT2D eigenvalue weighted by molar-refractivity contribution is -0.111. The van der Waals surface area contributed by atoms with Crippen molar-refractivity contribution >= 4 is 34.3 Å². The highest BCUT2D eigenvalue weighted by atomic mass is 32.2. The number of nitrogens with zero attached hydrogens (tertiary/aromatic N) is 2. The van der Waals surface area contributed by atoms with Crippen molar-refractivity contribution in [2.24, 2.45) is 0 Å². The summed E-state index contributed by atoms with van der Waals surface area (Å²) in [6.45, 7) is 4.03. The number of carbonyl (C=O) groups is 2. The average molecular weight is 338 g/mol. The average Bonchev–Trinajstić information content (AvgIpc) is 3.07. The molecule has 4 nitrogen and oxygen atoms in total. The highest BCUT2D eigenvalue weighted by Gasteiger charge is 2.54. The summed E-state index contributed by atoms with van der Waals surface area (Å²) in [5.41, 5.74) is 3.91. The monoisotopic (exact) mass is 338 g/mol. The molecule has 122 valence electrons. The number of urea groups is 1. The van der Waals surface area contributed by atoms with Gasteiger partial charge in [-0.15, -0.1) is 0 Å². The van der Waals surface area contributed by atoms with Gasteiger partial charge in [-0.25, -0.2) is 4.79 Å². The van der Waals surface area contributed by atoms with E-state index in [-0.39, 0.29) is 17.2 Å². The first-order chi connectivity index (χ1) is 11.6. The third-order valence-corrected chi connectivity index (χ3v) is 5.68. The Labute approximate surface area is 145 Å². The van der Waals surface area contributed by atoms with E-state index in [1.165, 1.54) is 11.8 Å². The minimum atomic E-state index is -0.411. The van der Waals surface area contributed by atoms with E-state index in [1.807, 2.05) is 62.4 Å². The molecule has 2 fully saturated rings. The number of hydrogen-bond donors (Lipinski definition) is 0. The summed E-state index contributed by atoms with van der Waals surface area (Å²) in [4.78, 5) is 29.0. The Hall–Kier alpha value is -2.27. The molecule has 2 aliphatic heterocycles. The smallest absolute Gasteiger partial charge is 0.288 e. The molecule has 2 heterocycles. The summed E-state index contributed by atoms with van der Waals surface area (Å²) in [5.74, 6) is 0.644. The Balaban J connectivity index is 1.77. The SMILES string of the molecule is Cc1ccc(N2C(=O)N(c3ccc(C)cc3)C3C(=O)SCC32)cc1. The largest absolute Gasteiger partial charge is 0.330 e. The van der Waals surface area contributed by atoms with Crippen LogP contribution in [0.25, 0.3) is 0 Å². The van der Waals surface area contributed by atoms with E-state index < -0.39 is 6.04 Å². The third-order valence-electron chi connectivity index (χ3n) is 4.65. The van der Waals surface area contributed by atoms with Crippen LogP contribution < -0.4 is 9.80 Å². The second kappa shape index (κ2) is 5.67. The van der Waals surface area contributed by atoms with Crippen LogP contribution in [0.15, 0.2) is 48.5 Å². The number of rotatable bonds is 2. The summed E-state index contributed by atoms with van der Waals surface area (Å²) < 4.78 is 0. The van der Waals surface area contributed by atoms with Gasteiger partial charge in [0.2, 0.25) is 5.12 Å². The molecule has 5 heteroatoms. The van der Waals surface area contributed by atoms with Crippen molar-refractivity contribution < 1.29 is 9.59 Å². The van der Waals surface area contributed by atoms with Crippen molar-refractivity contribution in [3.63, 3.8) is 0 Å². The lowest BCUT2D eigenvalue weighted by Gasteiger charge is -2.22. The molecular weight excluding hydrogens is 320 g/mol. The zero-order valence-corrected chi connectivity index (χ0v) is 14.4. The van der Waals surface area contributed by atoms with Crippen molar-refractivity contribution in [1.29, 1.82) is 0 Å². The normalized spacial score (nSPS) is 23.1. The summed E-state index contributed by atoms with van der Waals surface area (Å²) in [6, 6.07) is 15.0. The van der Waals surface area contributed by atoms with Gasteiger partial charge in [0.15, 0.2) is 0 Å². The molecule has 0 bridgehead atoms. The van der Waals surface area contributed by atoms with Crippen LogP contribution in [0, 0.1) is 13.8 Å². The molecule has 0 aliphatic carbocycles. The summed E-state index contributed by atoms with van der Waals surface area (Å²) >= 11 is 1.32. The predicted octanol–water partition coefficient (Wildman–Crippen LogP) is 3.76. The van der Waals surface area contributed by atoms with Gasteiger partial charge in [-0.1, -0.05) is 47.2 Å². The van der Waals surface area contributed by atoms with E-state index >= 15 is 0 Å². The van der Waals surface area contributed by atoms with E-state index in [0.29, 0.717) is 5.75 Å². The van der Waals surface area contributed by atoms with Gasteiger partial charge in [-0.05, 0) is 38.1 Å². The summed E-state index contributed by atoms with van der Waals surface area (Å²) in [5, 5.41) is 0.0727. The van der Waals surface area contributed by atoms with Crippen LogP contribution in [0.1, 0.15) is 11.1 Å². The number of hydrogen-bond acceptors (Lipinski definition) is 3. The van der Waals surface area contributed by atoms with Crippen molar-refractivity contribution in [3.8, 4) is 0 Å². The van der Waals surface area contributed by atoms with Crippen molar-refractivity contribution in [2.75, 3.05) is 15.6 Å². The quantitative estimate of drug-likeness (QED) is 0.783. The fraction of sp³-hybridized carbons (Fsp3) is 0.263. The first kappa shape index (κ1) is 15.3. The van der Waals surface area contributed by atoms with Crippen LogP contribution >= 0.6 is 11.8 Å². The number of carbonyl (C=O) groups excluding carboxylic acids is 2. The van der Waals surface area contributed by atoms with Crippen molar-refractivity contribution in [1.82, 2.24) is 0 Å². The zero-order valence-electron chi connectivity index (χ0n) is 13.6. The van der Waals surface area contributed by atoms with Gasteiger partial charge in [0.25, 0.3) is 0 Å². The molecule has 0 N–H and O–H groups in total. The maximum Gasteiger partial charge on any atom is 0.330 e. The number of fused-ring (bicyclic) bond motifs is 1. The molecule has 2 saturated heterocycles. The fourth-order valence-corrected chi connectivity index (χ4v) is 4.45. The number of aryl methyl sites for hydroxylation is 2. The molecule has 2 amide bonds. The highest BCUT2D eigenvalue weighted by molar-refractivity contribution is 8.14. The Morgan fingerprint density at radius 3 is 1.88 bits per heavy atom. The maximum absolute atomic E-state index is 13.1. The van der Waals surface area contributed by atoms with Crippen molar-refractivity contribution in [2.45, 2.75) is 25.9 Å². The van der Waals surface area contributed by atoms with E-state index in [9.17, 15) is 9.59 Å². The van der Waals surface area contributed by atoms with Crippen LogP contribution in [0.4, 0.5) is 16.2 Å². The highest BCUT2D eigenvalue weighted by Crippen LogP contribution is 2.40. The molecule has 2 unspecified atom stereocenters. The van der Waals surface area contributed by atoms with E-state index in [4.69, 9.17) is 0 Å². The second-order valence-electron chi connectivity index (χ2n) is 6.34. The first-order valence-electron chi connectivity index (χ1n) is 7.98. The van der Waals surface area contributed by atoms with Gasteiger partial charge < -0.3 is 0 Å². The number of benzene rings is 2. The molecule has 0 spiro atoms. The Morgan fingerprint density at radius 1 is 0.833 bits per heavy atom. The first-order valence-corrected chi connectivity index (χ1v) is 8.97. The van der Waals surface area contributed by atoms with Crippen LogP contribution in [-0.2, 0) is 4.79 Å². The molecule has 24 heavy (non-hydrogen) atoms. The standard InChI is InChI=1S/C19H18N2O2S/c1-12-3-7-14(8-4-12)20-16-11-24-18(22)17(16)21(19(20)23)15-9-5-13(2)6-10-15/h3-10,16-17H,11H2,1-2H3. The molecular formula is C19H18N2O2S. The molecule has 2 aromatic carbocycles. The van der Waals surface area contributed by atoms with Gasteiger partial charge in [-0.3, -0.25) is 14.6 Å². The van der Waals surface area contributed by atoms with Gasteiger partial charge >= 0.3 is 6.03 Å². The second-order valence-corrected chi connectivity index (χ2v) is 7.36. The molecule has 2 aromatic rings. The Bertz CT molecular complexity index is 801. The number of amides is 2. The lowest BCUT2D eigenvalue weighted by Crippen LogP contribution is -2.38. The summed E-state index contributed by atoms with van der Waals surface area (Å²) in [7, 11) is 0. The predicted molar refractivity (Wildman–Crippen MR) is 97.8 cm³/mol. The molecule has 4 rings (SSSR count). The van der Waals surface area contributed by atoms with E-state index in [1.54, 1.807) is 9.80 Å². The molecule has 2 atom stereocenters. The number of thioether (sulfide) groups is 1. The third kappa shape index (κ3) is 2.31. The molecule has 0 radical (unpaired) electrons. The molecule has 0 aromatic heterocycles. The van der Waals surface area contributed by atoms with Gasteiger partial charge in [0.05, 0.1) is 6.04 Å². The number of anilines is 2. The van der Waals surface area contributed by atoms with Gasteiger partial charge in [-0.2, -0.15) is 0 Å². The van der Waals surface area contributed by atoms with Crippen LogP contribution in [0.3, 0.4) is 0 Å².